The topological polar surface area (TPSA) is 67.3 Å². The molecule has 0 bridgehead atoms. The zero-order valence-corrected chi connectivity index (χ0v) is 13.9. The lowest BCUT2D eigenvalue weighted by Crippen LogP contribution is -2.45. The van der Waals surface area contributed by atoms with Crippen LogP contribution < -0.4 is 5.32 Å². The van der Waals surface area contributed by atoms with Gasteiger partial charge < -0.3 is 14.3 Å². The first kappa shape index (κ1) is 15.4. The summed E-state index contributed by atoms with van der Waals surface area (Å²) in [7, 11) is 0. The first-order valence-electron chi connectivity index (χ1n) is 8.48. The maximum absolute atomic E-state index is 5.88. The van der Waals surface area contributed by atoms with Gasteiger partial charge in [-0.3, -0.25) is 4.90 Å². The van der Waals surface area contributed by atoms with Gasteiger partial charge >= 0.3 is 0 Å². The molecule has 6 heteroatoms. The third kappa shape index (κ3) is 3.49. The molecule has 1 N–H and O–H groups in total. The van der Waals surface area contributed by atoms with Crippen molar-refractivity contribution in [3.8, 4) is 0 Å². The van der Waals surface area contributed by atoms with Gasteiger partial charge in [-0.25, -0.2) is 0 Å². The number of hydrogen-bond donors (Lipinski definition) is 1. The minimum absolute atomic E-state index is 0.458. The molecule has 2 aromatic heterocycles. The Morgan fingerprint density at radius 2 is 2.25 bits per heavy atom. The molecule has 0 aliphatic carbocycles. The van der Waals surface area contributed by atoms with Gasteiger partial charge in [-0.15, -0.1) is 0 Å². The van der Waals surface area contributed by atoms with E-state index in [2.05, 4.69) is 32.5 Å². The third-order valence-corrected chi connectivity index (χ3v) is 4.48. The molecule has 3 aromatic rings. The average molecular weight is 326 g/mol. The summed E-state index contributed by atoms with van der Waals surface area (Å²) < 4.78 is 10.9. The summed E-state index contributed by atoms with van der Waals surface area (Å²) in [5.41, 5.74) is 0.951. The number of para-hydroxylation sites is 1. The molecule has 126 valence electrons. The van der Waals surface area contributed by atoms with Crippen molar-refractivity contribution >= 4 is 11.0 Å². The smallest absolute Gasteiger partial charge is 0.223 e. The highest BCUT2D eigenvalue weighted by molar-refractivity contribution is 5.77. The van der Waals surface area contributed by atoms with Crippen LogP contribution in [0.4, 0.5) is 0 Å². The highest BCUT2D eigenvalue weighted by Gasteiger charge is 2.21. The van der Waals surface area contributed by atoms with Crippen molar-refractivity contribution < 1.29 is 8.94 Å². The van der Waals surface area contributed by atoms with Crippen LogP contribution in [0.5, 0.6) is 0 Å². The predicted molar refractivity (Wildman–Crippen MR) is 90.4 cm³/mol. The molecule has 3 heterocycles. The van der Waals surface area contributed by atoms with Crippen LogP contribution in [0.1, 0.15) is 30.3 Å². The van der Waals surface area contributed by atoms with Crippen LogP contribution >= 0.6 is 0 Å². The molecule has 0 spiro atoms. The van der Waals surface area contributed by atoms with Gasteiger partial charge in [0.05, 0.1) is 13.1 Å². The number of nitrogens with zero attached hydrogens (tertiary/aromatic N) is 3. The van der Waals surface area contributed by atoms with Crippen LogP contribution in [0, 0.1) is 6.92 Å². The molecule has 4 rings (SSSR count). The molecule has 0 saturated carbocycles. The molecule has 24 heavy (non-hydrogen) atoms. The maximum atomic E-state index is 5.88. The molecule has 0 radical (unpaired) electrons. The quantitative estimate of drug-likeness (QED) is 0.777. The summed E-state index contributed by atoms with van der Waals surface area (Å²) in [6, 6.07) is 10.7. The van der Waals surface area contributed by atoms with Crippen LogP contribution in [-0.4, -0.2) is 34.2 Å². The Balaban J connectivity index is 1.32. The summed E-state index contributed by atoms with van der Waals surface area (Å²) in [4.78, 5) is 6.67. The molecule has 1 aliphatic rings. The SMILES string of the molecule is Cc1nc(CN2CCC[C@H](NCc3cc4ccccc4o3)C2)no1. The zero-order chi connectivity index (χ0) is 16.4. The van der Waals surface area contributed by atoms with E-state index in [1.807, 2.05) is 25.1 Å². The molecular formula is C18H22N4O2. The Kier molecular flexibility index (Phi) is 4.32. The highest BCUT2D eigenvalue weighted by Crippen LogP contribution is 2.19. The summed E-state index contributed by atoms with van der Waals surface area (Å²) >= 11 is 0. The van der Waals surface area contributed by atoms with Crippen molar-refractivity contribution in [2.24, 2.45) is 0 Å². The second kappa shape index (κ2) is 6.75. The Hall–Kier alpha value is -2.18. The number of aromatic nitrogens is 2. The van der Waals surface area contributed by atoms with Crippen molar-refractivity contribution in [1.29, 1.82) is 0 Å². The molecule has 1 saturated heterocycles. The number of hydrogen-bond acceptors (Lipinski definition) is 6. The van der Waals surface area contributed by atoms with Gasteiger partial charge in [0.2, 0.25) is 5.89 Å². The van der Waals surface area contributed by atoms with Gasteiger partial charge in [-0.1, -0.05) is 23.4 Å². The Morgan fingerprint density at radius 3 is 3.08 bits per heavy atom. The molecule has 1 aromatic carbocycles. The number of aryl methyl sites for hydroxylation is 1. The van der Waals surface area contributed by atoms with Gasteiger partial charge in [0.15, 0.2) is 5.82 Å². The normalized spacial score (nSPS) is 19.1. The zero-order valence-electron chi connectivity index (χ0n) is 13.9. The van der Waals surface area contributed by atoms with E-state index in [9.17, 15) is 0 Å². The predicted octanol–water partition coefficient (Wildman–Crippen LogP) is 2.88. The first-order chi connectivity index (χ1) is 11.8. The Morgan fingerprint density at radius 1 is 1.33 bits per heavy atom. The summed E-state index contributed by atoms with van der Waals surface area (Å²) in [5.74, 6) is 2.38. The Bertz CT molecular complexity index is 777. The van der Waals surface area contributed by atoms with Crippen molar-refractivity contribution in [1.82, 2.24) is 20.4 Å². The second-order valence-corrected chi connectivity index (χ2v) is 6.44. The first-order valence-corrected chi connectivity index (χ1v) is 8.48. The summed E-state index contributed by atoms with van der Waals surface area (Å²) in [5, 5.41) is 8.77. The summed E-state index contributed by atoms with van der Waals surface area (Å²) in [6.07, 6.45) is 2.36. The number of piperidine rings is 1. The lowest BCUT2D eigenvalue weighted by molar-refractivity contribution is 0.176. The monoisotopic (exact) mass is 326 g/mol. The fourth-order valence-corrected chi connectivity index (χ4v) is 3.34. The van der Waals surface area contributed by atoms with Crippen molar-refractivity contribution in [2.45, 2.75) is 38.9 Å². The number of rotatable bonds is 5. The van der Waals surface area contributed by atoms with Crippen LogP contribution in [0.25, 0.3) is 11.0 Å². The molecule has 0 unspecified atom stereocenters. The number of fused-ring (bicyclic) bond motifs is 1. The number of likely N-dealkylation sites (tertiary alicyclic amines) is 1. The molecule has 1 fully saturated rings. The number of nitrogens with one attached hydrogen (secondary N) is 1. The van der Waals surface area contributed by atoms with Crippen molar-refractivity contribution in [2.75, 3.05) is 13.1 Å². The molecular weight excluding hydrogens is 304 g/mol. The third-order valence-electron chi connectivity index (χ3n) is 4.48. The van der Waals surface area contributed by atoms with Crippen LogP contribution in [0.15, 0.2) is 39.3 Å². The van der Waals surface area contributed by atoms with Gasteiger partial charge in [0, 0.05) is 24.9 Å². The van der Waals surface area contributed by atoms with E-state index in [1.165, 1.54) is 12.8 Å². The lowest BCUT2D eigenvalue weighted by Gasteiger charge is -2.32. The van der Waals surface area contributed by atoms with Crippen molar-refractivity contribution in [3.05, 3.63) is 47.8 Å². The Labute approximate surface area is 140 Å². The molecule has 1 atom stereocenters. The van der Waals surface area contributed by atoms with E-state index >= 15 is 0 Å². The summed E-state index contributed by atoms with van der Waals surface area (Å²) in [6.45, 7) is 5.41. The van der Waals surface area contributed by atoms with Gasteiger partial charge in [0.1, 0.15) is 11.3 Å². The van der Waals surface area contributed by atoms with E-state index in [1.54, 1.807) is 0 Å². The van der Waals surface area contributed by atoms with Gasteiger partial charge in [-0.05, 0) is 31.5 Å². The fourth-order valence-electron chi connectivity index (χ4n) is 3.34. The molecule has 1 aliphatic heterocycles. The number of benzene rings is 1. The number of furan rings is 1. The van der Waals surface area contributed by atoms with E-state index < -0.39 is 0 Å². The molecule has 0 amide bonds. The fraction of sp³-hybridized carbons (Fsp3) is 0.444. The molecule has 6 nitrogen and oxygen atoms in total. The van der Waals surface area contributed by atoms with Crippen molar-refractivity contribution in [3.63, 3.8) is 0 Å². The maximum Gasteiger partial charge on any atom is 0.223 e. The van der Waals surface area contributed by atoms with Crippen LogP contribution in [0.2, 0.25) is 0 Å². The minimum Gasteiger partial charge on any atom is -0.460 e. The lowest BCUT2D eigenvalue weighted by atomic mass is 10.1. The standard InChI is InChI=1S/C18H22N4O2/c1-13-20-18(21-24-13)12-22-8-4-6-15(11-22)19-10-16-9-14-5-2-3-7-17(14)23-16/h2-3,5,7,9,15,19H,4,6,8,10-12H2,1H3/t15-/m0/s1. The van der Waals surface area contributed by atoms with Crippen LogP contribution in [0.3, 0.4) is 0 Å². The highest BCUT2D eigenvalue weighted by atomic mass is 16.5. The van der Waals surface area contributed by atoms with Crippen LogP contribution in [-0.2, 0) is 13.1 Å². The van der Waals surface area contributed by atoms with Gasteiger partial charge in [-0.2, -0.15) is 4.98 Å². The minimum atomic E-state index is 0.458. The van der Waals surface area contributed by atoms with E-state index in [0.717, 1.165) is 48.7 Å². The van der Waals surface area contributed by atoms with E-state index in [-0.39, 0.29) is 0 Å². The second-order valence-electron chi connectivity index (χ2n) is 6.44. The van der Waals surface area contributed by atoms with Gasteiger partial charge in [0.25, 0.3) is 0 Å². The van der Waals surface area contributed by atoms with E-state index in [0.29, 0.717) is 11.9 Å². The largest absolute Gasteiger partial charge is 0.460 e. The average Bonchev–Trinajstić information content (AvgIpc) is 3.19. The van der Waals surface area contributed by atoms with E-state index in [4.69, 9.17) is 8.94 Å².